The van der Waals surface area contributed by atoms with Crippen LogP contribution < -0.4 is 10.6 Å². The van der Waals surface area contributed by atoms with E-state index in [1.807, 2.05) is 6.07 Å². The molecule has 4 N–H and O–H groups in total. The number of amides is 3. The molecule has 0 saturated carbocycles. The molecule has 256 valence electrons. The standard InChI is InChI=1S/C36H32N4O8S2/c1-36(2,3)48-35(47)40-15-14-24-27(18-37)32(50-28(24)19-40)39-31(42)29(20-8-5-4-6-9-20)49-23-11-7-10-22(17-23)38-30(41)25-13-12-21(33(43)44)16-26(25)34(45)46/h4-13,16-17,29H,14-15,19H2,1-3H3,(H,38,41)(H,39,42)(H,43,44)(H,45,46). The highest BCUT2D eigenvalue weighted by Crippen LogP contribution is 2.41. The van der Waals surface area contributed by atoms with E-state index in [1.165, 1.54) is 23.1 Å². The molecule has 3 aromatic carbocycles. The first-order chi connectivity index (χ1) is 23.7. The molecule has 4 aromatic rings. The Hall–Kier alpha value is -5.65. The predicted molar refractivity (Wildman–Crippen MR) is 188 cm³/mol. The number of rotatable bonds is 9. The van der Waals surface area contributed by atoms with E-state index in [0.29, 0.717) is 39.7 Å². The number of ether oxygens (including phenoxy) is 1. The van der Waals surface area contributed by atoms with Crippen LogP contribution >= 0.6 is 23.1 Å². The number of thiophene rings is 1. The minimum atomic E-state index is -1.45. The normalized spacial score (nSPS) is 13.0. The van der Waals surface area contributed by atoms with Gasteiger partial charge in [0.2, 0.25) is 5.91 Å². The molecular weight excluding hydrogens is 681 g/mol. The molecule has 3 amide bonds. The lowest BCUT2D eigenvalue weighted by Crippen LogP contribution is -2.39. The van der Waals surface area contributed by atoms with Gasteiger partial charge >= 0.3 is 18.0 Å². The SMILES string of the molecule is CC(C)(C)OC(=O)N1CCc2c(sc(NC(=O)C(Sc3cccc(NC(=O)c4ccc(C(=O)O)cc4C(=O)O)c3)c3ccccc3)c2C#N)C1. The first kappa shape index (κ1) is 35.7. The van der Waals surface area contributed by atoms with Crippen molar-refractivity contribution in [2.75, 3.05) is 17.2 Å². The number of nitrogens with one attached hydrogen (secondary N) is 2. The van der Waals surface area contributed by atoms with Crippen molar-refractivity contribution in [3.63, 3.8) is 0 Å². The molecule has 1 aromatic heterocycles. The zero-order chi connectivity index (χ0) is 36.2. The molecule has 0 spiro atoms. The molecule has 50 heavy (non-hydrogen) atoms. The Labute approximate surface area is 295 Å². The number of thioether (sulfide) groups is 1. The van der Waals surface area contributed by atoms with E-state index < -0.39 is 40.4 Å². The number of hydrogen-bond acceptors (Lipinski definition) is 9. The van der Waals surface area contributed by atoms with Gasteiger partial charge in [-0.1, -0.05) is 36.4 Å². The maximum absolute atomic E-state index is 14.0. The Kier molecular flexibility index (Phi) is 10.6. The molecule has 5 rings (SSSR count). The third-order valence-electron chi connectivity index (χ3n) is 7.48. The number of benzene rings is 3. The molecule has 1 aliphatic heterocycles. The number of anilines is 2. The molecule has 1 aliphatic rings. The average Bonchev–Trinajstić information content (AvgIpc) is 3.42. The Morgan fingerprint density at radius 3 is 2.34 bits per heavy atom. The van der Waals surface area contributed by atoms with E-state index in [2.05, 4.69) is 16.7 Å². The summed E-state index contributed by atoms with van der Waals surface area (Å²) in [6.07, 6.45) is -0.00493. The highest BCUT2D eigenvalue weighted by atomic mass is 32.2. The number of hydrogen-bond donors (Lipinski definition) is 4. The quantitative estimate of drug-likeness (QED) is 0.131. The lowest BCUT2D eigenvalue weighted by Gasteiger charge is -2.29. The first-order valence-electron chi connectivity index (χ1n) is 15.3. The topological polar surface area (TPSA) is 186 Å². The summed E-state index contributed by atoms with van der Waals surface area (Å²) in [5, 5.41) is 34.1. The molecule has 0 radical (unpaired) electrons. The summed E-state index contributed by atoms with van der Waals surface area (Å²) in [7, 11) is 0. The van der Waals surface area contributed by atoms with Crippen molar-refractivity contribution < 1.29 is 38.9 Å². The number of carbonyl (C=O) groups is 5. The van der Waals surface area contributed by atoms with Crippen LogP contribution in [0.15, 0.2) is 77.7 Å². The Morgan fingerprint density at radius 2 is 1.68 bits per heavy atom. The van der Waals surface area contributed by atoms with Gasteiger partial charge in [0.1, 0.15) is 21.9 Å². The molecule has 12 nitrogen and oxygen atoms in total. The van der Waals surface area contributed by atoms with Gasteiger partial charge in [0.05, 0.1) is 28.8 Å². The molecular formula is C36H32N4O8S2. The van der Waals surface area contributed by atoms with E-state index in [0.717, 1.165) is 28.6 Å². The summed E-state index contributed by atoms with van der Waals surface area (Å²) in [6.45, 7) is 6.01. The minimum absolute atomic E-state index is 0.219. The van der Waals surface area contributed by atoms with Crippen molar-refractivity contribution >= 4 is 63.6 Å². The largest absolute Gasteiger partial charge is 0.478 e. The second-order valence-electron chi connectivity index (χ2n) is 12.2. The van der Waals surface area contributed by atoms with Gasteiger partial charge in [0, 0.05) is 22.0 Å². The van der Waals surface area contributed by atoms with Crippen molar-refractivity contribution in [2.45, 2.75) is 49.5 Å². The average molecular weight is 713 g/mol. The third-order valence-corrected chi connectivity index (χ3v) is 9.87. The van der Waals surface area contributed by atoms with E-state index in [1.54, 1.807) is 74.2 Å². The molecule has 1 unspecified atom stereocenters. The maximum Gasteiger partial charge on any atom is 0.410 e. The highest BCUT2D eigenvalue weighted by molar-refractivity contribution is 8.00. The Morgan fingerprint density at radius 1 is 0.940 bits per heavy atom. The van der Waals surface area contributed by atoms with Crippen LogP contribution in [0.1, 0.15) is 78.7 Å². The van der Waals surface area contributed by atoms with E-state index in [9.17, 15) is 39.4 Å². The number of nitrogens with zero attached hydrogens (tertiary/aromatic N) is 2. The van der Waals surface area contributed by atoms with Crippen LogP contribution in [0.3, 0.4) is 0 Å². The molecule has 0 bridgehead atoms. The van der Waals surface area contributed by atoms with Crippen molar-refractivity contribution in [1.29, 1.82) is 5.26 Å². The lowest BCUT2D eigenvalue weighted by atomic mass is 10.0. The van der Waals surface area contributed by atoms with E-state index in [-0.39, 0.29) is 23.6 Å². The van der Waals surface area contributed by atoms with Crippen LogP contribution in [0.5, 0.6) is 0 Å². The van der Waals surface area contributed by atoms with Gasteiger partial charge in [-0.05, 0) is 74.7 Å². The van der Waals surface area contributed by atoms with Gasteiger partial charge < -0.3 is 30.5 Å². The summed E-state index contributed by atoms with van der Waals surface area (Å²) in [5.74, 6) is -3.92. The van der Waals surface area contributed by atoms with Crippen molar-refractivity contribution in [2.24, 2.45) is 0 Å². The fourth-order valence-corrected chi connectivity index (χ4v) is 7.50. The third kappa shape index (κ3) is 8.31. The van der Waals surface area contributed by atoms with Crippen molar-refractivity contribution in [1.82, 2.24) is 4.90 Å². The van der Waals surface area contributed by atoms with Gasteiger partial charge in [-0.15, -0.1) is 23.1 Å². The van der Waals surface area contributed by atoms with Gasteiger partial charge in [-0.3, -0.25) is 9.59 Å². The molecule has 14 heteroatoms. The number of nitriles is 1. The van der Waals surface area contributed by atoms with Crippen molar-refractivity contribution in [3.05, 3.63) is 111 Å². The number of aromatic carboxylic acids is 2. The number of fused-ring (bicyclic) bond motifs is 1. The zero-order valence-corrected chi connectivity index (χ0v) is 28.8. The monoisotopic (exact) mass is 712 g/mol. The zero-order valence-electron chi connectivity index (χ0n) is 27.2. The summed E-state index contributed by atoms with van der Waals surface area (Å²) < 4.78 is 5.52. The summed E-state index contributed by atoms with van der Waals surface area (Å²) in [5.41, 5.74) is 0.558. The second kappa shape index (κ2) is 14.9. The Bertz CT molecular complexity index is 2030. The van der Waals surface area contributed by atoms with Gasteiger partial charge in [0.25, 0.3) is 5.91 Å². The van der Waals surface area contributed by atoms with E-state index >= 15 is 0 Å². The fraction of sp³-hybridized carbons (Fsp3) is 0.222. The van der Waals surface area contributed by atoms with Crippen LogP contribution in [-0.2, 0) is 22.5 Å². The molecule has 0 fully saturated rings. The molecule has 1 atom stereocenters. The molecule has 2 heterocycles. The lowest BCUT2D eigenvalue weighted by molar-refractivity contribution is -0.115. The second-order valence-corrected chi connectivity index (χ2v) is 14.5. The molecule has 0 aliphatic carbocycles. The number of carboxylic acids is 2. The van der Waals surface area contributed by atoms with Gasteiger partial charge in [-0.2, -0.15) is 5.26 Å². The Balaban J connectivity index is 1.37. The van der Waals surface area contributed by atoms with Crippen LogP contribution in [0.2, 0.25) is 0 Å². The van der Waals surface area contributed by atoms with Gasteiger partial charge in [0.15, 0.2) is 0 Å². The number of carbonyl (C=O) groups excluding carboxylic acids is 3. The smallest absolute Gasteiger partial charge is 0.410 e. The first-order valence-corrected chi connectivity index (χ1v) is 17.0. The number of carboxylic acid groups (broad SMARTS) is 2. The predicted octanol–water partition coefficient (Wildman–Crippen LogP) is 7.03. The van der Waals surface area contributed by atoms with Crippen molar-refractivity contribution in [3.8, 4) is 6.07 Å². The van der Waals surface area contributed by atoms with Crippen LogP contribution in [-0.4, -0.2) is 57.1 Å². The summed E-state index contributed by atoms with van der Waals surface area (Å²) in [4.78, 5) is 65.9. The maximum atomic E-state index is 14.0. The van der Waals surface area contributed by atoms with Crippen LogP contribution in [0.4, 0.5) is 15.5 Å². The highest BCUT2D eigenvalue weighted by Gasteiger charge is 2.31. The fourth-order valence-electron chi connectivity index (χ4n) is 5.20. The summed E-state index contributed by atoms with van der Waals surface area (Å²) in [6, 6.07) is 21.1. The van der Waals surface area contributed by atoms with Crippen LogP contribution in [0, 0.1) is 11.3 Å². The van der Waals surface area contributed by atoms with Gasteiger partial charge in [-0.25, -0.2) is 14.4 Å². The van der Waals surface area contributed by atoms with Crippen LogP contribution in [0.25, 0.3) is 0 Å². The summed E-state index contributed by atoms with van der Waals surface area (Å²) >= 11 is 2.46. The minimum Gasteiger partial charge on any atom is -0.478 e. The molecule has 0 saturated heterocycles. The van der Waals surface area contributed by atoms with E-state index in [4.69, 9.17) is 4.74 Å².